The van der Waals surface area contributed by atoms with Crippen LogP contribution in [0.2, 0.25) is 0 Å². The average Bonchev–Trinajstić information content (AvgIpc) is 2.84. The Labute approximate surface area is 250 Å². The number of halogens is 3. The molecule has 4 aromatic rings. The molecule has 0 saturated heterocycles. The molecule has 0 radical (unpaired) electrons. The summed E-state index contributed by atoms with van der Waals surface area (Å²) in [6, 6.07) is 30.7. The lowest BCUT2D eigenvalue weighted by Crippen LogP contribution is -3.00. The molecule has 1 aromatic heterocycles. The van der Waals surface area contributed by atoms with Crippen LogP contribution in [0.5, 0.6) is 0 Å². The fourth-order valence-corrected chi connectivity index (χ4v) is 4.72. The van der Waals surface area contributed by atoms with E-state index >= 15 is 0 Å². The Morgan fingerprint density at radius 2 is 1.22 bits per heavy atom. The second-order valence-corrected chi connectivity index (χ2v) is 11.6. The lowest BCUT2D eigenvalue weighted by Gasteiger charge is -2.13. The van der Waals surface area contributed by atoms with E-state index in [-0.39, 0.29) is 24.0 Å². The first-order valence-corrected chi connectivity index (χ1v) is 13.8. The summed E-state index contributed by atoms with van der Waals surface area (Å²) in [7, 11) is 0. The first-order chi connectivity index (χ1) is 16.8. The molecule has 0 N–H and O–H groups in total. The highest BCUT2D eigenvalue weighted by molar-refractivity contribution is 9.10. The summed E-state index contributed by atoms with van der Waals surface area (Å²) in [5.74, 6) is 1.06. The minimum atomic E-state index is 0. The van der Waals surface area contributed by atoms with E-state index in [1.165, 1.54) is 39.2 Å². The zero-order valence-electron chi connectivity index (χ0n) is 21.2. The first-order valence-electron chi connectivity index (χ1n) is 12.2. The Hall–Kier alpha value is -1.76. The molecule has 4 rings (SSSR count). The SMILES string of the molecule is CC(C)C[n+]1c(/C=C/c2ccc(C(C)C)cc2)cc(-c2ccc(Br)cc2)cc1-c1ccc(Br)cc1.[I-]. The van der Waals surface area contributed by atoms with Crippen LogP contribution in [0, 0.1) is 5.92 Å². The maximum Gasteiger partial charge on any atom is 0.213 e. The predicted molar refractivity (Wildman–Crippen MR) is 157 cm³/mol. The summed E-state index contributed by atoms with van der Waals surface area (Å²) in [6.07, 6.45) is 4.49. The van der Waals surface area contributed by atoms with E-state index in [2.05, 4.69) is 161 Å². The van der Waals surface area contributed by atoms with Crippen molar-refractivity contribution in [1.29, 1.82) is 0 Å². The van der Waals surface area contributed by atoms with Crippen LogP contribution in [0.15, 0.2) is 93.9 Å². The highest BCUT2D eigenvalue weighted by atomic mass is 127. The molecule has 0 aliphatic heterocycles. The summed E-state index contributed by atoms with van der Waals surface area (Å²) in [6.45, 7) is 9.96. The first kappa shape index (κ1) is 28.8. The van der Waals surface area contributed by atoms with E-state index in [1.807, 2.05) is 0 Å². The van der Waals surface area contributed by atoms with Crippen molar-refractivity contribution in [2.75, 3.05) is 0 Å². The second kappa shape index (κ2) is 13.2. The average molecular weight is 717 g/mol. The maximum atomic E-state index is 3.59. The van der Waals surface area contributed by atoms with E-state index in [9.17, 15) is 0 Å². The summed E-state index contributed by atoms with van der Waals surface area (Å²) < 4.78 is 4.63. The van der Waals surface area contributed by atoms with E-state index in [4.69, 9.17) is 0 Å². The minimum Gasteiger partial charge on any atom is -1.00 e. The summed E-state index contributed by atoms with van der Waals surface area (Å²) >= 11 is 7.17. The predicted octanol–water partition coefficient (Wildman–Crippen LogP) is 6.79. The molecule has 1 nitrogen and oxygen atoms in total. The molecule has 186 valence electrons. The zero-order chi connectivity index (χ0) is 24.9. The molecular weight excluding hydrogens is 685 g/mol. The Bertz CT molecular complexity index is 1310. The van der Waals surface area contributed by atoms with Gasteiger partial charge in [-0.05, 0) is 70.6 Å². The number of nitrogens with zero attached hydrogens (tertiary/aromatic N) is 1. The lowest BCUT2D eigenvalue weighted by molar-refractivity contribution is -0.693. The largest absolute Gasteiger partial charge is 1.00 e. The van der Waals surface area contributed by atoms with Gasteiger partial charge in [0.05, 0.1) is 0 Å². The molecule has 4 heteroatoms. The van der Waals surface area contributed by atoms with Crippen LogP contribution in [-0.4, -0.2) is 0 Å². The van der Waals surface area contributed by atoms with Crippen molar-refractivity contribution >= 4 is 44.0 Å². The van der Waals surface area contributed by atoms with Gasteiger partial charge in [0.1, 0.15) is 0 Å². The van der Waals surface area contributed by atoms with Crippen molar-refractivity contribution < 1.29 is 28.5 Å². The third kappa shape index (κ3) is 7.39. The molecule has 0 spiro atoms. The third-order valence-corrected chi connectivity index (χ3v) is 7.17. The van der Waals surface area contributed by atoms with Gasteiger partial charge >= 0.3 is 0 Å². The van der Waals surface area contributed by atoms with Crippen LogP contribution in [0.25, 0.3) is 34.5 Å². The van der Waals surface area contributed by atoms with Crippen molar-refractivity contribution in [2.24, 2.45) is 5.92 Å². The van der Waals surface area contributed by atoms with Crippen molar-refractivity contribution in [1.82, 2.24) is 0 Å². The molecule has 0 saturated carbocycles. The summed E-state index contributed by atoms with van der Waals surface area (Å²) in [4.78, 5) is 0. The Morgan fingerprint density at radius 1 is 0.667 bits per heavy atom. The fourth-order valence-electron chi connectivity index (χ4n) is 4.19. The summed E-state index contributed by atoms with van der Waals surface area (Å²) in [5, 5.41) is 0. The molecule has 0 aliphatic carbocycles. The van der Waals surface area contributed by atoms with Gasteiger partial charge in [0.25, 0.3) is 0 Å². The monoisotopic (exact) mass is 715 g/mol. The molecule has 36 heavy (non-hydrogen) atoms. The molecule has 0 atom stereocenters. The Morgan fingerprint density at radius 3 is 1.75 bits per heavy atom. The van der Waals surface area contributed by atoms with Crippen LogP contribution >= 0.6 is 31.9 Å². The number of aromatic nitrogens is 1. The molecule has 0 aliphatic rings. The smallest absolute Gasteiger partial charge is 0.213 e. The van der Waals surface area contributed by atoms with E-state index in [1.54, 1.807) is 0 Å². The van der Waals surface area contributed by atoms with Gasteiger partial charge in [-0.15, -0.1) is 0 Å². The molecular formula is C32H32Br2IN. The van der Waals surface area contributed by atoms with Gasteiger partial charge in [0.15, 0.2) is 6.54 Å². The maximum absolute atomic E-state index is 3.59. The number of hydrogen-bond acceptors (Lipinski definition) is 0. The lowest BCUT2D eigenvalue weighted by atomic mass is 9.99. The van der Waals surface area contributed by atoms with Gasteiger partial charge in [-0.2, -0.15) is 4.57 Å². The normalized spacial score (nSPS) is 11.3. The van der Waals surface area contributed by atoms with Crippen LogP contribution in [0.4, 0.5) is 0 Å². The Balaban J connectivity index is 0.00000361. The van der Waals surface area contributed by atoms with Crippen LogP contribution in [0.1, 0.15) is 50.4 Å². The van der Waals surface area contributed by atoms with Gasteiger partial charge in [0, 0.05) is 38.6 Å². The molecule has 0 unspecified atom stereocenters. The van der Waals surface area contributed by atoms with Gasteiger partial charge in [0.2, 0.25) is 11.4 Å². The number of hydrogen-bond donors (Lipinski definition) is 0. The molecule has 0 bridgehead atoms. The van der Waals surface area contributed by atoms with E-state index in [0.717, 1.165) is 15.5 Å². The van der Waals surface area contributed by atoms with E-state index in [0.29, 0.717) is 11.8 Å². The van der Waals surface area contributed by atoms with Crippen LogP contribution in [-0.2, 0) is 6.54 Å². The van der Waals surface area contributed by atoms with Gasteiger partial charge in [-0.25, -0.2) is 0 Å². The van der Waals surface area contributed by atoms with Crippen LogP contribution < -0.4 is 28.5 Å². The highest BCUT2D eigenvalue weighted by Crippen LogP contribution is 2.28. The van der Waals surface area contributed by atoms with Crippen molar-refractivity contribution in [3.8, 4) is 22.4 Å². The van der Waals surface area contributed by atoms with Crippen molar-refractivity contribution in [3.63, 3.8) is 0 Å². The minimum absolute atomic E-state index is 0. The number of pyridine rings is 1. The molecule has 0 fully saturated rings. The van der Waals surface area contributed by atoms with E-state index < -0.39 is 0 Å². The quantitative estimate of drug-likeness (QED) is 0.147. The molecule has 1 heterocycles. The standard InChI is InChI=1S/C32H32Br2N.HI/c1-22(2)21-35-31(18-7-24-5-8-25(9-6-24)23(3)4)19-28(26-10-14-29(33)15-11-26)20-32(35)27-12-16-30(34)17-13-27;/h5-20,22-23H,21H2,1-4H3;1H/q+1;/p-1/b18-7+;. The Kier molecular flexibility index (Phi) is 10.5. The molecule has 0 amide bonds. The van der Waals surface area contributed by atoms with Gasteiger partial charge < -0.3 is 24.0 Å². The van der Waals surface area contributed by atoms with Crippen molar-refractivity contribution in [3.05, 3.63) is 111 Å². The molecule has 3 aromatic carbocycles. The highest BCUT2D eigenvalue weighted by Gasteiger charge is 2.21. The number of benzene rings is 3. The zero-order valence-corrected chi connectivity index (χ0v) is 26.5. The van der Waals surface area contributed by atoms with Gasteiger partial charge in [-0.3, -0.25) is 0 Å². The summed E-state index contributed by atoms with van der Waals surface area (Å²) in [5.41, 5.74) is 8.64. The number of rotatable bonds is 7. The van der Waals surface area contributed by atoms with Crippen LogP contribution in [0.3, 0.4) is 0 Å². The third-order valence-electron chi connectivity index (χ3n) is 6.11. The van der Waals surface area contributed by atoms with Crippen molar-refractivity contribution in [2.45, 2.75) is 40.2 Å². The van der Waals surface area contributed by atoms with Gasteiger partial charge in [-0.1, -0.05) is 96.0 Å². The topological polar surface area (TPSA) is 3.88 Å². The second-order valence-electron chi connectivity index (χ2n) is 9.73. The fraction of sp³-hybridized carbons (Fsp3) is 0.219.